The smallest absolute Gasteiger partial charge is 0.416 e. The van der Waals surface area contributed by atoms with E-state index in [1.807, 2.05) is 12.3 Å². The van der Waals surface area contributed by atoms with Gasteiger partial charge in [0, 0.05) is 16.8 Å². The van der Waals surface area contributed by atoms with Gasteiger partial charge in [0.15, 0.2) is 0 Å². The Balaban J connectivity index is 1.46. The van der Waals surface area contributed by atoms with Crippen LogP contribution >= 0.6 is 11.3 Å². The lowest BCUT2D eigenvalue weighted by atomic mass is 10.1. The Morgan fingerprint density at radius 3 is 2.55 bits per heavy atom. The Bertz CT molecular complexity index is 964. The molecule has 0 aliphatic heterocycles. The summed E-state index contributed by atoms with van der Waals surface area (Å²) in [6.45, 7) is 3.03. The quantitative estimate of drug-likeness (QED) is 0.448. The molecular weight excluding hydrogens is 399 g/mol. The number of ether oxygens (including phenoxy) is 1. The highest BCUT2D eigenvalue weighted by atomic mass is 32.1. The summed E-state index contributed by atoms with van der Waals surface area (Å²) in [5.41, 5.74) is 1.02. The largest absolute Gasteiger partial charge is 0.494 e. The molecule has 29 heavy (non-hydrogen) atoms. The third-order valence-electron chi connectivity index (χ3n) is 4.57. The number of alkyl halides is 3. The van der Waals surface area contributed by atoms with Gasteiger partial charge in [-0.2, -0.15) is 13.2 Å². The Morgan fingerprint density at radius 1 is 1.10 bits per heavy atom. The number of rotatable bonds is 8. The van der Waals surface area contributed by atoms with Crippen molar-refractivity contribution in [2.45, 2.75) is 32.4 Å². The van der Waals surface area contributed by atoms with Gasteiger partial charge in [0.2, 0.25) is 0 Å². The summed E-state index contributed by atoms with van der Waals surface area (Å²) < 4.78 is 44.5. The molecule has 0 saturated heterocycles. The third-order valence-corrected chi connectivity index (χ3v) is 5.56. The van der Waals surface area contributed by atoms with Crippen LogP contribution in [0.1, 0.15) is 41.3 Å². The molecule has 3 aromatic rings. The highest BCUT2D eigenvalue weighted by molar-refractivity contribution is 7.17. The van der Waals surface area contributed by atoms with E-state index in [0.717, 1.165) is 42.0 Å². The molecule has 2 aromatic carbocycles. The molecule has 0 unspecified atom stereocenters. The number of hydrogen-bond donors (Lipinski definition) is 1. The zero-order valence-corrected chi connectivity index (χ0v) is 16.8. The minimum atomic E-state index is -4.32. The molecule has 7 heteroatoms. The molecule has 0 aliphatic rings. The lowest BCUT2D eigenvalue weighted by Gasteiger charge is -2.07. The fraction of sp³-hybridized carbons (Fsp3) is 0.318. The van der Waals surface area contributed by atoms with Crippen molar-refractivity contribution in [1.82, 2.24) is 5.32 Å². The SMILES string of the molecule is CCOc1ccc(C(=O)NCCCCc2csc3cc(C(F)(F)F)ccc23)cc1. The number of nitrogens with one attached hydrogen (secondary N) is 1. The van der Waals surface area contributed by atoms with Gasteiger partial charge in [0.05, 0.1) is 12.2 Å². The van der Waals surface area contributed by atoms with Crippen LogP contribution in [0.15, 0.2) is 47.8 Å². The van der Waals surface area contributed by atoms with E-state index < -0.39 is 11.7 Å². The molecule has 1 heterocycles. The standard InChI is InChI=1S/C22H22F3NO2S/c1-2-28-18-9-6-15(7-10-18)21(27)26-12-4-3-5-16-14-29-20-13-17(22(23,24)25)8-11-19(16)20/h6-11,13-14H,2-5,12H2,1H3,(H,26,27). The summed E-state index contributed by atoms with van der Waals surface area (Å²) in [6, 6.07) is 10.9. The molecule has 0 saturated carbocycles. The Morgan fingerprint density at radius 2 is 1.86 bits per heavy atom. The van der Waals surface area contributed by atoms with Crippen LogP contribution in [0, 0.1) is 0 Å². The average molecular weight is 421 g/mol. The van der Waals surface area contributed by atoms with Gasteiger partial charge in [-0.3, -0.25) is 4.79 Å². The zero-order valence-electron chi connectivity index (χ0n) is 16.0. The van der Waals surface area contributed by atoms with Gasteiger partial charge in [-0.1, -0.05) is 6.07 Å². The minimum absolute atomic E-state index is 0.131. The third kappa shape index (κ3) is 5.50. The number of fused-ring (bicyclic) bond motifs is 1. The van der Waals surface area contributed by atoms with Crippen molar-refractivity contribution >= 4 is 27.3 Å². The molecule has 3 nitrogen and oxygen atoms in total. The van der Waals surface area contributed by atoms with Crippen LogP contribution in [0.4, 0.5) is 13.2 Å². The van der Waals surface area contributed by atoms with Gasteiger partial charge in [-0.15, -0.1) is 11.3 Å². The zero-order chi connectivity index (χ0) is 20.9. The number of amides is 1. The summed E-state index contributed by atoms with van der Waals surface area (Å²) in [4.78, 5) is 12.2. The molecule has 0 radical (unpaired) electrons. The second-order valence-electron chi connectivity index (χ2n) is 6.64. The van der Waals surface area contributed by atoms with E-state index in [0.29, 0.717) is 23.4 Å². The number of halogens is 3. The Hall–Kier alpha value is -2.54. The number of unbranched alkanes of at least 4 members (excludes halogenated alkanes) is 1. The van der Waals surface area contributed by atoms with Gasteiger partial charge in [-0.05, 0) is 78.9 Å². The van der Waals surface area contributed by atoms with E-state index in [-0.39, 0.29) is 5.91 Å². The predicted octanol–water partition coefficient (Wildman–Crippen LogP) is 6.07. The van der Waals surface area contributed by atoms with E-state index in [1.54, 1.807) is 30.3 Å². The lowest BCUT2D eigenvalue weighted by Crippen LogP contribution is -2.24. The molecule has 0 aliphatic carbocycles. The van der Waals surface area contributed by atoms with E-state index >= 15 is 0 Å². The number of carbonyl (C=O) groups is 1. The van der Waals surface area contributed by atoms with E-state index in [9.17, 15) is 18.0 Å². The Kier molecular flexibility index (Phi) is 6.79. The summed E-state index contributed by atoms with van der Waals surface area (Å²) >= 11 is 1.33. The second kappa shape index (κ2) is 9.31. The first-order chi connectivity index (χ1) is 13.9. The summed E-state index contributed by atoms with van der Waals surface area (Å²) in [5.74, 6) is 0.600. The van der Waals surface area contributed by atoms with Crippen LogP contribution < -0.4 is 10.1 Å². The average Bonchev–Trinajstić information content (AvgIpc) is 3.10. The number of carbonyl (C=O) groups excluding carboxylic acids is 1. The first-order valence-corrected chi connectivity index (χ1v) is 10.3. The maximum atomic E-state index is 12.8. The van der Waals surface area contributed by atoms with Crippen molar-refractivity contribution in [3.8, 4) is 5.75 Å². The highest BCUT2D eigenvalue weighted by Gasteiger charge is 2.30. The minimum Gasteiger partial charge on any atom is -0.494 e. The fourth-order valence-corrected chi connectivity index (χ4v) is 4.10. The van der Waals surface area contributed by atoms with Gasteiger partial charge in [-0.25, -0.2) is 0 Å². The normalized spacial score (nSPS) is 11.6. The second-order valence-corrected chi connectivity index (χ2v) is 7.55. The van der Waals surface area contributed by atoms with Crippen LogP contribution in [0.3, 0.4) is 0 Å². The van der Waals surface area contributed by atoms with Crippen LogP contribution in [0.25, 0.3) is 10.1 Å². The van der Waals surface area contributed by atoms with E-state index in [1.165, 1.54) is 17.4 Å². The van der Waals surface area contributed by atoms with Crippen molar-refractivity contribution in [2.75, 3.05) is 13.2 Å². The van der Waals surface area contributed by atoms with Crippen molar-refractivity contribution in [2.24, 2.45) is 0 Å². The van der Waals surface area contributed by atoms with Crippen molar-refractivity contribution in [3.05, 3.63) is 64.5 Å². The predicted molar refractivity (Wildman–Crippen MR) is 110 cm³/mol. The molecular formula is C22H22F3NO2S. The molecule has 0 bridgehead atoms. The van der Waals surface area contributed by atoms with E-state index in [2.05, 4.69) is 5.32 Å². The van der Waals surface area contributed by atoms with Gasteiger partial charge >= 0.3 is 6.18 Å². The number of aryl methyl sites for hydroxylation is 1. The summed E-state index contributed by atoms with van der Waals surface area (Å²) in [7, 11) is 0. The number of benzene rings is 2. The van der Waals surface area contributed by atoms with Gasteiger partial charge in [0.25, 0.3) is 5.91 Å². The van der Waals surface area contributed by atoms with Gasteiger partial charge in [0.1, 0.15) is 5.75 Å². The van der Waals surface area contributed by atoms with Crippen LogP contribution in [0.5, 0.6) is 5.75 Å². The number of thiophene rings is 1. The van der Waals surface area contributed by atoms with Crippen molar-refractivity contribution in [1.29, 1.82) is 0 Å². The van der Waals surface area contributed by atoms with Crippen molar-refractivity contribution in [3.63, 3.8) is 0 Å². The molecule has 0 spiro atoms. The number of hydrogen-bond acceptors (Lipinski definition) is 3. The molecule has 1 amide bonds. The van der Waals surface area contributed by atoms with Crippen LogP contribution in [-0.4, -0.2) is 19.1 Å². The molecule has 3 rings (SSSR count). The topological polar surface area (TPSA) is 38.3 Å². The molecule has 1 N–H and O–H groups in total. The molecule has 0 atom stereocenters. The fourth-order valence-electron chi connectivity index (χ4n) is 3.07. The maximum absolute atomic E-state index is 12.8. The lowest BCUT2D eigenvalue weighted by molar-refractivity contribution is -0.137. The summed E-state index contributed by atoms with van der Waals surface area (Å²) in [5, 5.41) is 5.69. The first-order valence-electron chi connectivity index (χ1n) is 9.47. The van der Waals surface area contributed by atoms with Gasteiger partial charge < -0.3 is 10.1 Å². The molecule has 154 valence electrons. The summed E-state index contributed by atoms with van der Waals surface area (Å²) in [6.07, 6.45) is -1.92. The van der Waals surface area contributed by atoms with Crippen LogP contribution in [-0.2, 0) is 12.6 Å². The monoisotopic (exact) mass is 421 g/mol. The van der Waals surface area contributed by atoms with Crippen LogP contribution in [0.2, 0.25) is 0 Å². The highest BCUT2D eigenvalue weighted by Crippen LogP contribution is 2.35. The molecule has 1 aromatic heterocycles. The molecule has 0 fully saturated rings. The van der Waals surface area contributed by atoms with Crippen molar-refractivity contribution < 1.29 is 22.7 Å². The Labute approximate surface area is 171 Å². The first kappa shape index (κ1) is 21.2. The maximum Gasteiger partial charge on any atom is 0.416 e. The van der Waals surface area contributed by atoms with E-state index in [4.69, 9.17) is 4.74 Å².